The quantitative estimate of drug-likeness (QED) is 0.829. The third-order valence-corrected chi connectivity index (χ3v) is 3.37. The Hall–Kier alpha value is -1.76. The number of nitrogens with zero attached hydrogens (tertiary/aromatic N) is 4. The van der Waals surface area contributed by atoms with Crippen molar-refractivity contribution in [3.05, 3.63) is 21.8 Å². The van der Waals surface area contributed by atoms with Gasteiger partial charge in [-0.3, -0.25) is 9.48 Å². The maximum absolute atomic E-state index is 12.4. The molecule has 7 heteroatoms. The average Bonchev–Trinajstić information content (AvgIpc) is 2.81. The van der Waals surface area contributed by atoms with Gasteiger partial charge in [0.15, 0.2) is 0 Å². The molecule has 1 N–H and O–H groups in total. The Morgan fingerprint density at radius 1 is 1.35 bits per heavy atom. The van der Waals surface area contributed by atoms with Gasteiger partial charge in [-0.25, -0.2) is 0 Å². The minimum Gasteiger partial charge on any atom is -0.373 e. The van der Waals surface area contributed by atoms with Crippen LogP contribution in [0.15, 0.2) is 0 Å². The van der Waals surface area contributed by atoms with Gasteiger partial charge in [0.05, 0.1) is 17.0 Å². The van der Waals surface area contributed by atoms with Crippen LogP contribution in [0.5, 0.6) is 0 Å². The summed E-state index contributed by atoms with van der Waals surface area (Å²) in [5.41, 5.74) is 1.95. The second kappa shape index (κ2) is 4.25. The summed E-state index contributed by atoms with van der Waals surface area (Å²) in [5, 5.41) is 11.1. The SMILES string of the molecule is CNc1c(C(=O)c2snnc2C)c(C)nn1C. The van der Waals surface area contributed by atoms with Crippen molar-refractivity contribution in [2.75, 3.05) is 12.4 Å². The van der Waals surface area contributed by atoms with Crippen LogP contribution in [0.1, 0.15) is 26.6 Å². The van der Waals surface area contributed by atoms with E-state index >= 15 is 0 Å². The second-order valence-corrected chi connectivity index (χ2v) is 4.45. The lowest BCUT2D eigenvalue weighted by Crippen LogP contribution is -2.07. The maximum atomic E-state index is 12.4. The average molecular weight is 251 g/mol. The van der Waals surface area contributed by atoms with E-state index in [9.17, 15) is 4.79 Å². The number of aryl methyl sites for hydroxylation is 3. The van der Waals surface area contributed by atoms with E-state index < -0.39 is 0 Å². The minimum absolute atomic E-state index is 0.0764. The number of hydrogen-bond acceptors (Lipinski definition) is 6. The number of nitrogens with one attached hydrogen (secondary N) is 1. The second-order valence-electron chi connectivity index (χ2n) is 3.70. The summed E-state index contributed by atoms with van der Waals surface area (Å²) in [4.78, 5) is 12.9. The largest absolute Gasteiger partial charge is 0.373 e. The first-order chi connectivity index (χ1) is 8.06. The Morgan fingerprint density at radius 3 is 2.59 bits per heavy atom. The zero-order chi connectivity index (χ0) is 12.6. The molecule has 2 heterocycles. The van der Waals surface area contributed by atoms with Crippen LogP contribution in [0, 0.1) is 13.8 Å². The number of hydrogen-bond donors (Lipinski definition) is 1. The predicted octanol–water partition coefficient (Wildman–Crippen LogP) is 1.16. The number of carbonyl (C=O) groups is 1. The molecule has 90 valence electrons. The lowest BCUT2D eigenvalue weighted by Gasteiger charge is -2.03. The van der Waals surface area contributed by atoms with Crippen molar-refractivity contribution in [3.63, 3.8) is 0 Å². The fraction of sp³-hybridized carbons (Fsp3) is 0.400. The molecular weight excluding hydrogens is 238 g/mol. The molecule has 0 aliphatic heterocycles. The molecule has 0 atom stereocenters. The normalized spacial score (nSPS) is 10.6. The van der Waals surface area contributed by atoms with Crippen LogP contribution in [-0.4, -0.2) is 32.2 Å². The van der Waals surface area contributed by atoms with Gasteiger partial charge in [0.25, 0.3) is 0 Å². The first-order valence-corrected chi connectivity index (χ1v) is 5.88. The Morgan fingerprint density at radius 2 is 2.06 bits per heavy atom. The molecule has 0 amide bonds. The fourth-order valence-electron chi connectivity index (χ4n) is 1.77. The van der Waals surface area contributed by atoms with Gasteiger partial charge in [-0.15, -0.1) is 5.10 Å². The fourth-order valence-corrected chi connectivity index (χ4v) is 2.37. The van der Waals surface area contributed by atoms with Crippen molar-refractivity contribution in [1.29, 1.82) is 0 Å². The van der Waals surface area contributed by atoms with Crippen molar-refractivity contribution >= 4 is 23.1 Å². The summed E-state index contributed by atoms with van der Waals surface area (Å²) >= 11 is 1.11. The van der Waals surface area contributed by atoms with Crippen LogP contribution in [0.3, 0.4) is 0 Å². The van der Waals surface area contributed by atoms with Crippen LogP contribution >= 0.6 is 11.5 Å². The van der Waals surface area contributed by atoms with E-state index in [0.29, 0.717) is 27.6 Å². The Balaban J connectivity index is 2.55. The lowest BCUT2D eigenvalue weighted by molar-refractivity contribution is 0.104. The molecule has 0 unspecified atom stereocenters. The van der Waals surface area contributed by atoms with Crippen LogP contribution < -0.4 is 5.32 Å². The molecule has 0 saturated carbocycles. The van der Waals surface area contributed by atoms with E-state index in [1.54, 1.807) is 25.7 Å². The summed E-state index contributed by atoms with van der Waals surface area (Å²) in [7, 11) is 3.57. The molecule has 0 aromatic carbocycles. The molecule has 2 aromatic rings. The molecule has 0 saturated heterocycles. The molecule has 17 heavy (non-hydrogen) atoms. The van der Waals surface area contributed by atoms with Gasteiger partial charge < -0.3 is 5.32 Å². The Bertz CT molecular complexity index is 571. The third kappa shape index (κ3) is 1.82. The van der Waals surface area contributed by atoms with Crippen LogP contribution in [0.4, 0.5) is 5.82 Å². The summed E-state index contributed by atoms with van der Waals surface area (Å²) in [5.74, 6) is 0.632. The van der Waals surface area contributed by atoms with E-state index in [-0.39, 0.29) is 5.78 Å². The van der Waals surface area contributed by atoms with E-state index in [4.69, 9.17) is 0 Å². The summed E-state index contributed by atoms with van der Waals surface area (Å²) in [6, 6.07) is 0. The first kappa shape index (κ1) is 11.7. The van der Waals surface area contributed by atoms with Crippen LogP contribution in [0.25, 0.3) is 0 Å². The van der Waals surface area contributed by atoms with Gasteiger partial charge in [0, 0.05) is 14.1 Å². The number of ketones is 1. The first-order valence-electron chi connectivity index (χ1n) is 5.11. The van der Waals surface area contributed by atoms with Crippen molar-refractivity contribution in [2.24, 2.45) is 7.05 Å². The molecule has 0 fully saturated rings. The summed E-state index contributed by atoms with van der Waals surface area (Å²) in [6.07, 6.45) is 0. The molecule has 6 nitrogen and oxygen atoms in total. The number of carbonyl (C=O) groups excluding carboxylic acids is 1. The van der Waals surface area contributed by atoms with E-state index in [0.717, 1.165) is 11.5 Å². The molecule has 0 aliphatic rings. The van der Waals surface area contributed by atoms with Gasteiger partial charge in [0.1, 0.15) is 10.7 Å². The minimum atomic E-state index is -0.0764. The van der Waals surface area contributed by atoms with Gasteiger partial charge >= 0.3 is 0 Å². The van der Waals surface area contributed by atoms with Crippen molar-refractivity contribution in [2.45, 2.75) is 13.8 Å². The topological polar surface area (TPSA) is 72.7 Å². The monoisotopic (exact) mass is 251 g/mol. The molecule has 2 aromatic heterocycles. The standard InChI is InChI=1S/C10H13N5OS/c1-5-7(10(11-3)15(4)13-5)8(16)9-6(2)12-14-17-9/h11H,1-4H3. The smallest absolute Gasteiger partial charge is 0.212 e. The van der Waals surface area contributed by atoms with Gasteiger partial charge in [-0.05, 0) is 25.4 Å². The zero-order valence-electron chi connectivity index (χ0n) is 10.1. The van der Waals surface area contributed by atoms with Crippen molar-refractivity contribution in [3.8, 4) is 0 Å². The molecular formula is C10H13N5OS. The van der Waals surface area contributed by atoms with Crippen LogP contribution in [0.2, 0.25) is 0 Å². The Kier molecular flexibility index (Phi) is 2.93. The summed E-state index contributed by atoms with van der Waals surface area (Å²) < 4.78 is 5.44. The Labute approximate surface area is 103 Å². The van der Waals surface area contributed by atoms with Gasteiger partial charge in [-0.2, -0.15) is 5.10 Å². The highest BCUT2D eigenvalue weighted by molar-refractivity contribution is 7.08. The zero-order valence-corrected chi connectivity index (χ0v) is 10.9. The molecule has 0 radical (unpaired) electrons. The number of aromatic nitrogens is 4. The van der Waals surface area contributed by atoms with E-state index in [2.05, 4.69) is 20.0 Å². The van der Waals surface area contributed by atoms with Gasteiger partial charge in [-0.1, -0.05) is 4.49 Å². The van der Waals surface area contributed by atoms with Gasteiger partial charge in [0.2, 0.25) is 5.78 Å². The third-order valence-electron chi connectivity index (χ3n) is 2.54. The highest BCUT2D eigenvalue weighted by Gasteiger charge is 2.24. The van der Waals surface area contributed by atoms with E-state index in [1.165, 1.54) is 0 Å². The molecule has 2 rings (SSSR count). The maximum Gasteiger partial charge on any atom is 0.212 e. The number of rotatable bonds is 3. The molecule has 0 bridgehead atoms. The number of anilines is 1. The van der Waals surface area contributed by atoms with Crippen molar-refractivity contribution < 1.29 is 4.79 Å². The predicted molar refractivity (Wildman–Crippen MR) is 65.6 cm³/mol. The molecule has 0 spiro atoms. The lowest BCUT2D eigenvalue weighted by atomic mass is 10.1. The van der Waals surface area contributed by atoms with Crippen LogP contribution in [-0.2, 0) is 7.05 Å². The molecule has 0 aliphatic carbocycles. The summed E-state index contributed by atoms with van der Waals surface area (Å²) in [6.45, 7) is 3.60. The highest BCUT2D eigenvalue weighted by Crippen LogP contribution is 2.24. The highest BCUT2D eigenvalue weighted by atomic mass is 32.1. The van der Waals surface area contributed by atoms with Crippen molar-refractivity contribution in [1.82, 2.24) is 19.4 Å². The van der Waals surface area contributed by atoms with E-state index in [1.807, 2.05) is 6.92 Å².